The number of carbonyl (C=O) groups is 1. The van der Waals surface area contributed by atoms with E-state index in [9.17, 15) is 13.2 Å². The molecule has 0 aliphatic carbocycles. The van der Waals surface area contributed by atoms with Crippen molar-refractivity contribution in [2.45, 2.75) is 29.5 Å². The highest BCUT2D eigenvalue weighted by molar-refractivity contribution is 8.02. The number of hydrogen-bond donors (Lipinski definition) is 0. The molecule has 1 aliphatic heterocycles. The van der Waals surface area contributed by atoms with Gasteiger partial charge in [-0.3, -0.25) is 4.79 Å². The molecule has 1 fully saturated rings. The maximum atomic E-state index is 13.3. The number of rotatable bonds is 5. The normalized spacial score (nSPS) is 19.3. The highest BCUT2D eigenvalue weighted by Crippen LogP contribution is 2.35. The van der Waals surface area contributed by atoms with Gasteiger partial charge in [-0.25, -0.2) is 13.4 Å². The van der Waals surface area contributed by atoms with Crippen LogP contribution in [0.15, 0.2) is 53.4 Å². The lowest BCUT2D eigenvalue weighted by molar-refractivity contribution is 0.0739. The van der Waals surface area contributed by atoms with Gasteiger partial charge < -0.3 is 4.90 Å². The fourth-order valence-electron chi connectivity index (χ4n) is 3.38. The lowest BCUT2D eigenvalue weighted by Crippen LogP contribution is -2.30. The summed E-state index contributed by atoms with van der Waals surface area (Å²) in [6, 6.07) is 15.2. The molecule has 0 N–H and O–H groups in total. The molecule has 4 rings (SSSR count). The van der Waals surface area contributed by atoms with Crippen LogP contribution in [0.2, 0.25) is 0 Å². The summed E-state index contributed by atoms with van der Waals surface area (Å²) in [7, 11) is -1.16. The molecule has 5 nitrogen and oxygen atoms in total. The van der Waals surface area contributed by atoms with E-state index in [1.54, 1.807) is 23.3 Å². The van der Waals surface area contributed by atoms with Gasteiger partial charge in [0.15, 0.2) is 9.84 Å². The topological polar surface area (TPSA) is 67.3 Å². The van der Waals surface area contributed by atoms with Crippen molar-refractivity contribution in [3.8, 4) is 0 Å². The Kier molecular flexibility index (Phi) is 5.68. The summed E-state index contributed by atoms with van der Waals surface area (Å²) in [4.78, 5) is 20.5. The Morgan fingerprint density at radius 2 is 1.93 bits per heavy atom. The van der Waals surface area contributed by atoms with E-state index in [1.165, 1.54) is 11.8 Å². The molecule has 2 heterocycles. The van der Waals surface area contributed by atoms with Crippen molar-refractivity contribution in [1.29, 1.82) is 0 Å². The Labute approximate surface area is 179 Å². The van der Waals surface area contributed by atoms with Crippen LogP contribution in [0.3, 0.4) is 0 Å². The number of nitrogens with zero attached hydrogens (tertiary/aromatic N) is 2. The van der Waals surface area contributed by atoms with Crippen molar-refractivity contribution in [2.24, 2.45) is 0 Å². The van der Waals surface area contributed by atoms with E-state index in [4.69, 9.17) is 0 Å². The minimum absolute atomic E-state index is 0.000872. The summed E-state index contributed by atoms with van der Waals surface area (Å²) in [5.41, 5.74) is 1.55. The van der Waals surface area contributed by atoms with E-state index >= 15 is 0 Å². The lowest BCUT2D eigenvalue weighted by atomic mass is 10.2. The maximum absolute atomic E-state index is 13.3. The number of fused-ring (bicyclic) bond motifs is 1. The molecule has 1 amide bonds. The second-order valence-corrected chi connectivity index (χ2v) is 11.9. The quantitative estimate of drug-likeness (QED) is 0.581. The Bertz CT molecular complexity index is 1120. The summed E-state index contributed by atoms with van der Waals surface area (Å²) in [6.45, 7) is 1.98. The number of benzene rings is 2. The lowest BCUT2D eigenvalue weighted by Gasteiger charge is -2.24. The van der Waals surface area contributed by atoms with Gasteiger partial charge in [-0.2, -0.15) is 0 Å². The number of thiazole rings is 1. The fraction of sp³-hybridized carbons (Fsp3) is 0.333. The first-order chi connectivity index (χ1) is 13.8. The highest BCUT2D eigenvalue weighted by Gasteiger charge is 2.30. The van der Waals surface area contributed by atoms with E-state index in [1.807, 2.05) is 55.5 Å². The minimum atomic E-state index is -2.95. The molecule has 2 aromatic carbocycles. The smallest absolute Gasteiger partial charge is 0.255 e. The zero-order valence-electron chi connectivity index (χ0n) is 16.2. The van der Waals surface area contributed by atoms with Crippen LogP contribution in [0.25, 0.3) is 10.2 Å². The SMILES string of the molecule is CC(c1nc2ccccc2s1)N(C)C(=O)c1ccccc1SC1CCS(=O)(=O)C1. The Hall–Kier alpha value is -1.90. The highest BCUT2D eigenvalue weighted by atomic mass is 32.2. The van der Waals surface area contributed by atoms with Crippen molar-refractivity contribution >= 4 is 49.1 Å². The van der Waals surface area contributed by atoms with Crippen molar-refractivity contribution in [3.63, 3.8) is 0 Å². The molecular weight excluding hydrogens is 424 g/mol. The second-order valence-electron chi connectivity index (χ2n) is 7.25. The molecule has 1 saturated heterocycles. The largest absolute Gasteiger partial charge is 0.332 e. The third kappa shape index (κ3) is 4.34. The summed E-state index contributed by atoms with van der Waals surface area (Å²) >= 11 is 3.10. The average molecular weight is 447 g/mol. The zero-order valence-corrected chi connectivity index (χ0v) is 18.7. The van der Waals surface area contributed by atoms with Gasteiger partial charge in [-0.05, 0) is 37.6 Å². The van der Waals surface area contributed by atoms with Crippen LogP contribution in [0.1, 0.15) is 34.8 Å². The van der Waals surface area contributed by atoms with Crippen molar-refractivity contribution in [2.75, 3.05) is 18.6 Å². The van der Waals surface area contributed by atoms with Gasteiger partial charge in [-0.15, -0.1) is 23.1 Å². The molecule has 152 valence electrons. The number of para-hydroxylation sites is 1. The van der Waals surface area contributed by atoms with Crippen LogP contribution in [0.5, 0.6) is 0 Å². The van der Waals surface area contributed by atoms with Crippen LogP contribution in [0, 0.1) is 0 Å². The van der Waals surface area contributed by atoms with Crippen LogP contribution in [-0.2, 0) is 9.84 Å². The summed E-state index contributed by atoms with van der Waals surface area (Å²) in [5, 5.41) is 0.898. The van der Waals surface area contributed by atoms with Crippen LogP contribution in [0.4, 0.5) is 0 Å². The molecular formula is C21H22N2O3S3. The van der Waals surface area contributed by atoms with Crippen LogP contribution >= 0.6 is 23.1 Å². The predicted octanol–water partition coefficient (Wildman–Crippen LogP) is 4.41. The second kappa shape index (κ2) is 8.08. The van der Waals surface area contributed by atoms with E-state index in [0.717, 1.165) is 20.1 Å². The molecule has 8 heteroatoms. The monoisotopic (exact) mass is 446 g/mol. The molecule has 1 aromatic heterocycles. The molecule has 3 aromatic rings. The third-order valence-electron chi connectivity index (χ3n) is 5.17. The third-order valence-corrected chi connectivity index (χ3v) is 9.70. The molecule has 0 spiro atoms. The van der Waals surface area contributed by atoms with Gasteiger partial charge in [0, 0.05) is 17.2 Å². The summed E-state index contributed by atoms with van der Waals surface area (Å²) in [6.07, 6.45) is 0.632. The Balaban J connectivity index is 1.55. The van der Waals surface area contributed by atoms with E-state index in [0.29, 0.717) is 12.0 Å². The Morgan fingerprint density at radius 1 is 1.21 bits per heavy atom. The van der Waals surface area contributed by atoms with Crippen LogP contribution < -0.4 is 0 Å². The number of thioether (sulfide) groups is 1. The summed E-state index contributed by atoms with van der Waals surface area (Å²) in [5.74, 6) is 0.328. The number of hydrogen-bond acceptors (Lipinski definition) is 6. The number of amides is 1. The van der Waals surface area contributed by atoms with Crippen molar-refractivity contribution in [3.05, 3.63) is 59.1 Å². The van der Waals surface area contributed by atoms with Gasteiger partial charge in [0.25, 0.3) is 5.91 Å². The van der Waals surface area contributed by atoms with Crippen molar-refractivity contribution < 1.29 is 13.2 Å². The number of sulfone groups is 1. The van der Waals surface area contributed by atoms with Gasteiger partial charge >= 0.3 is 0 Å². The first-order valence-corrected chi connectivity index (χ1v) is 12.9. The number of carbonyl (C=O) groups excluding carboxylic acids is 1. The van der Waals surface area contributed by atoms with E-state index < -0.39 is 9.84 Å². The first-order valence-electron chi connectivity index (χ1n) is 9.43. The molecule has 0 bridgehead atoms. The van der Waals surface area contributed by atoms with E-state index in [-0.39, 0.29) is 28.7 Å². The van der Waals surface area contributed by atoms with Gasteiger partial charge in [0.2, 0.25) is 0 Å². The molecule has 2 atom stereocenters. The Morgan fingerprint density at radius 3 is 2.66 bits per heavy atom. The van der Waals surface area contributed by atoms with Crippen LogP contribution in [-0.4, -0.2) is 48.0 Å². The number of aromatic nitrogens is 1. The standard InChI is InChI=1S/C21H22N2O3S3/c1-14(20-22-17-8-4-6-10-19(17)28-20)23(2)21(24)16-7-3-5-9-18(16)27-15-11-12-29(25,26)13-15/h3-10,14-15H,11-13H2,1-2H3. The molecule has 29 heavy (non-hydrogen) atoms. The van der Waals surface area contributed by atoms with Gasteiger partial charge in [-0.1, -0.05) is 24.3 Å². The zero-order chi connectivity index (χ0) is 20.6. The minimum Gasteiger partial charge on any atom is -0.332 e. The van der Waals surface area contributed by atoms with Gasteiger partial charge in [0.1, 0.15) is 5.01 Å². The molecule has 2 unspecified atom stereocenters. The summed E-state index contributed by atoms with van der Waals surface area (Å²) < 4.78 is 24.7. The maximum Gasteiger partial charge on any atom is 0.255 e. The predicted molar refractivity (Wildman–Crippen MR) is 119 cm³/mol. The van der Waals surface area contributed by atoms with Gasteiger partial charge in [0.05, 0.1) is 33.3 Å². The fourth-order valence-corrected chi connectivity index (χ4v) is 8.06. The van der Waals surface area contributed by atoms with E-state index in [2.05, 4.69) is 4.98 Å². The molecule has 0 radical (unpaired) electrons. The van der Waals surface area contributed by atoms with Crippen molar-refractivity contribution in [1.82, 2.24) is 9.88 Å². The first kappa shape index (κ1) is 20.4. The molecule has 0 saturated carbocycles. The molecule has 1 aliphatic rings. The average Bonchev–Trinajstić information content (AvgIpc) is 3.29.